The van der Waals surface area contributed by atoms with E-state index in [1.165, 1.54) is 16.5 Å². The topological polar surface area (TPSA) is 51.3 Å². The molecule has 5 nitrogen and oxygen atoms in total. The van der Waals surface area contributed by atoms with Gasteiger partial charge in [0.2, 0.25) is 6.54 Å². The van der Waals surface area contributed by atoms with Gasteiger partial charge in [0.05, 0.1) is 5.69 Å². The Labute approximate surface area is 181 Å². The number of benzene rings is 3. The molecule has 4 aromatic rings. The predicted octanol–water partition coefficient (Wildman–Crippen LogP) is 5.76. The summed E-state index contributed by atoms with van der Waals surface area (Å²) in [6, 6.07) is 24.7. The van der Waals surface area contributed by atoms with Gasteiger partial charge in [0.25, 0.3) is 0 Å². The number of hydrogen-bond acceptors (Lipinski definition) is 3. The van der Waals surface area contributed by atoms with Gasteiger partial charge in [-0.15, -0.1) is 0 Å². The van der Waals surface area contributed by atoms with Gasteiger partial charge in [-0.2, -0.15) is 0 Å². The van der Waals surface area contributed by atoms with E-state index >= 15 is 0 Å². The lowest BCUT2D eigenvalue weighted by Gasteiger charge is -2.37. The molecule has 3 aromatic carbocycles. The highest BCUT2D eigenvalue weighted by molar-refractivity contribution is 5.99. The molecule has 0 fully saturated rings. The van der Waals surface area contributed by atoms with Gasteiger partial charge in [-0.3, -0.25) is 10.1 Å². The van der Waals surface area contributed by atoms with E-state index in [0.717, 1.165) is 41.1 Å². The Morgan fingerprint density at radius 2 is 1.65 bits per heavy atom. The van der Waals surface area contributed by atoms with Crippen molar-refractivity contribution in [2.75, 3.05) is 18.0 Å². The Hall–Kier alpha value is -3.60. The minimum absolute atomic E-state index is 0.136. The van der Waals surface area contributed by atoms with E-state index in [-0.39, 0.29) is 17.5 Å². The highest BCUT2D eigenvalue weighted by Gasteiger charge is 2.36. The van der Waals surface area contributed by atoms with Crippen LogP contribution >= 0.6 is 0 Å². The van der Waals surface area contributed by atoms with Crippen molar-refractivity contribution in [1.29, 1.82) is 0 Å². The molecule has 0 radical (unpaired) electrons. The summed E-state index contributed by atoms with van der Waals surface area (Å²) < 4.78 is 2.30. The first-order chi connectivity index (χ1) is 15.0. The fourth-order valence-corrected chi connectivity index (χ4v) is 4.87. The summed E-state index contributed by atoms with van der Waals surface area (Å²) in [5.74, 6) is 0. The number of nitro groups is 1. The zero-order valence-corrected chi connectivity index (χ0v) is 17.8. The minimum atomic E-state index is -0.339. The summed E-state index contributed by atoms with van der Waals surface area (Å²) in [7, 11) is 0. The molecule has 0 saturated heterocycles. The zero-order chi connectivity index (χ0) is 21.5. The predicted molar refractivity (Wildman–Crippen MR) is 125 cm³/mol. The molecule has 1 aliphatic heterocycles. The van der Waals surface area contributed by atoms with Gasteiger partial charge < -0.3 is 9.47 Å². The first-order valence-electron chi connectivity index (χ1n) is 10.7. The normalized spacial score (nSPS) is 15.8. The lowest BCUT2D eigenvalue weighted by molar-refractivity contribution is -0.483. The van der Waals surface area contributed by atoms with Gasteiger partial charge in [-0.1, -0.05) is 59.7 Å². The van der Waals surface area contributed by atoms with Gasteiger partial charge in [0, 0.05) is 40.2 Å². The third kappa shape index (κ3) is 3.36. The molecule has 5 rings (SSSR count). The lowest BCUT2D eigenvalue weighted by atomic mass is 9.96. The third-order valence-corrected chi connectivity index (χ3v) is 6.27. The number of aromatic nitrogens is 1. The van der Waals surface area contributed by atoms with Crippen LogP contribution in [0.4, 0.5) is 5.69 Å². The first-order valence-corrected chi connectivity index (χ1v) is 10.7. The SMILES string of the molecule is Cc1ccc(N2CCn3c(c(-c4ccccc4)c4cc(C)ccc43)[C@H]2C[N+](=O)[O-])cc1. The summed E-state index contributed by atoms with van der Waals surface area (Å²) in [5.41, 5.74) is 7.81. The Balaban J connectivity index is 1.78. The maximum Gasteiger partial charge on any atom is 0.229 e. The van der Waals surface area contributed by atoms with E-state index < -0.39 is 0 Å². The fraction of sp³-hybridized carbons (Fsp3) is 0.231. The molecule has 156 valence electrons. The molecular formula is C26H25N3O2. The van der Waals surface area contributed by atoms with Crippen LogP contribution in [-0.2, 0) is 6.54 Å². The van der Waals surface area contributed by atoms with Crippen LogP contribution in [0.1, 0.15) is 22.9 Å². The maximum atomic E-state index is 11.8. The first kappa shape index (κ1) is 19.4. The van der Waals surface area contributed by atoms with E-state index in [2.05, 4.69) is 77.9 Å². The Kier molecular flexibility index (Phi) is 4.74. The Morgan fingerprint density at radius 3 is 2.35 bits per heavy atom. The molecule has 0 aliphatic carbocycles. The van der Waals surface area contributed by atoms with Crippen molar-refractivity contribution >= 4 is 16.6 Å². The van der Waals surface area contributed by atoms with Crippen molar-refractivity contribution in [3.63, 3.8) is 0 Å². The average Bonchev–Trinajstić information content (AvgIpc) is 3.09. The maximum absolute atomic E-state index is 11.8. The minimum Gasteiger partial charge on any atom is -0.355 e. The van der Waals surface area contributed by atoms with E-state index in [1.807, 2.05) is 18.2 Å². The number of anilines is 1. The second-order valence-electron chi connectivity index (χ2n) is 8.36. The molecule has 1 atom stereocenters. The molecule has 2 heterocycles. The summed E-state index contributed by atoms with van der Waals surface area (Å²) in [4.78, 5) is 13.8. The molecule has 0 unspecified atom stereocenters. The Morgan fingerprint density at radius 1 is 0.935 bits per heavy atom. The van der Waals surface area contributed by atoms with Crippen molar-refractivity contribution < 1.29 is 4.92 Å². The van der Waals surface area contributed by atoms with Crippen LogP contribution in [0.5, 0.6) is 0 Å². The van der Waals surface area contributed by atoms with Crippen LogP contribution in [-0.4, -0.2) is 22.6 Å². The lowest BCUT2D eigenvalue weighted by Crippen LogP contribution is -2.41. The van der Waals surface area contributed by atoms with E-state index in [4.69, 9.17) is 0 Å². The highest BCUT2D eigenvalue weighted by Crippen LogP contribution is 2.43. The van der Waals surface area contributed by atoms with E-state index in [0.29, 0.717) is 0 Å². The van der Waals surface area contributed by atoms with Gasteiger partial charge in [-0.05, 0) is 43.7 Å². The molecule has 1 aromatic heterocycles. The quantitative estimate of drug-likeness (QED) is 0.317. The van der Waals surface area contributed by atoms with Crippen molar-refractivity contribution in [3.05, 3.63) is 99.7 Å². The van der Waals surface area contributed by atoms with Crippen LogP contribution in [0, 0.1) is 24.0 Å². The standard InChI is InChI=1S/C26H25N3O2/c1-18-8-11-21(12-9-18)27-14-15-28-23-13-10-19(2)16-22(23)25(20-6-4-3-5-7-20)26(28)24(27)17-29(30)31/h3-13,16,24H,14-15,17H2,1-2H3/t24-/m1/s1. The molecule has 0 amide bonds. The molecular weight excluding hydrogens is 386 g/mol. The molecule has 0 saturated carbocycles. The van der Waals surface area contributed by atoms with Gasteiger partial charge in [0.15, 0.2) is 0 Å². The van der Waals surface area contributed by atoms with Crippen LogP contribution < -0.4 is 4.90 Å². The smallest absolute Gasteiger partial charge is 0.229 e. The fourth-order valence-electron chi connectivity index (χ4n) is 4.87. The zero-order valence-electron chi connectivity index (χ0n) is 17.8. The second kappa shape index (κ2) is 7.58. The van der Waals surface area contributed by atoms with Crippen LogP contribution in [0.3, 0.4) is 0 Å². The number of fused-ring (bicyclic) bond motifs is 3. The summed E-state index contributed by atoms with van der Waals surface area (Å²) in [5, 5.41) is 13.0. The van der Waals surface area contributed by atoms with Crippen molar-refractivity contribution in [2.45, 2.75) is 26.4 Å². The molecule has 0 spiro atoms. The van der Waals surface area contributed by atoms with E-state index in [9.17, 15) is 10.1 Å². The van der Waals surface area contributed by atoms with Gasteiger partial charge >= 0.3 is 0 Å². The van der Waals surface area contributed by atoms with Crippen molar-refractivity contribution in [1.82, 2.24) is 4.57 Å². The van der Waals surface area contributed by atoms with Gasteiger partial charge in [0.1, 0.15) is 6.04 Å². The number of hydrogen-bond donors (Lipinski definition) is 0. The third-order valence-electron chi connectivity index (χ3n) is 6.27. The van der Waals surface area contributed by atoms with Crippen LogP contribution in [0.2, 0.25) is 0 Å². The van der Waals surface area contributed by atoms with Crippen molar-refractivity contribution in [2.24, 2.45) is 0 Å². The molecule has 0 N–H and O–H groups in total. The van der Waals surface area contributed by atoms with Crippen LogP contribution in [0.25, 0.3) is 22.0 Å². The molecule has 5 heteroatoms. The number of aryl methyl sites for hydroxylation is 2. The summed E-state index contributed by atoms with van der Waals surface area (Å²) in [6.45, 7) is 5.55. The molecule has 1 aliphatic rings. The van der Waals surface area contributed by atoms with Gasteiger partial charge in [-0.25, -0.2) is 0 Å². The second-order valence-corrected chi connectivity index (χ2v) is 8.36. The number of rotatable bonds is 4. The summed E-state index contributed by atoms with van der Waals surface area (Å²) >= 11 is 0. The molecule has 0 bridgehead atoms. The summed E-state index contributed by atoms with van der Waals surface area (Å²) in [6.07, 6.45) is 0. The average molecular weight is 412 g/mol. The van der Waals surface area contributed by atoms with Crippen molar-refractivity contribution in [3.8, 4) is 11.1 Å². The highest BCUT2D eigenvalue weighted by atomic mass is 16.6. The molecule has 31 heavy (non-hydrogen) atoms. The largest absolute Gasteiger partial charge is 0.355 e. The Bertz CT molecular complexity index is 1260. The van der Waals surface area contributed by atoms with E-state index in [1.54, 1.807) is 0 Å². The van der Waals surface area contributed by atoms with Crippen LogP contribution in [0.15, 0.2) is 72.8 Å². The number of nitrogens with zero attached hydrogens (tertiary/aromatic N) is 3. The monoisotopic (exact) mass is 411 g/mol.